The minimum Gasteiger partial charge on any atom is -0.497 e. The number of carbonyl (C=O) groups excluding carboxylic acids is 2. The third kappa shape index (κ3) is 10.3. The maximum Gasteiger partial charge on any atom is 0.220 e. The van der Waals surface area contributed by atoms with Crippen LogP contribution in [0.2, 0.25) is 0 Å². The Labute approximate surface area is 265 Å². The van der Waals surface area contributed by atoms with Gasteiger partial charge in [-0.05, 0) is 79.5 Å². The molecular weight excluding hydrogens is 579 g/mol. The van der Waals surface area contributed by atoms with Crippen molar-refractivity contribution in [1.29, 1.82) is 0 Å². The normalized spacial score (nSPS) is 10.6. The van der Waals surface area contributed by atoms with Crippen LogP contribution in [0.25, 0.3) is 0 Å². The number of ether oxygens (including phenoxy) is 5. The van der Waals surface area contributed by atoms with Crippen LogP contribution in [0.1, 0.15) is 47.9 Å². The zero-order chi connectivity index (χ0) is 32.6. The summed E-state index contributed by atoms with van der Waals surface area (Å²) in [6, 6.07) is 15.2. The van der Waals surface area contributed by atoms with Crippen LogP contribution in [0.15, 0.2) is 48.5 Å². The van der Waals surface area contributed by atoms with Crippen LogP contribution in [0.3, 0.4) is 0 Å². The molecule has 0 aliphatic carbocycles. The largest absolute Gasteiger partial charge is 0.497 e. The fourth-order valence-corrected chi connectivity index (χ4v) is 5.18. The van der Waals surface area contributed by atoms with Gasteiger partial charge < -0.3 is 34.3 Å². The van der Waals surface area contributed by atoms with Gasteiger partial charge in [-0.15, -0.1) is 0 Å². The molecule has 10 heteroatoms. The third-order valence-electron chi connectivity index (χ3n) is 7.60. The van der Waals surface area contributed by atoms with Crippen LogP contribution in [-0.4, -0.2) is 60.5 Å². The van der Waals surface area contributed by atoms with Crippen LogP contribution in [-0.2, 0) is 35.3 Å². The zero-order valence-electron chi connectivity index (χ0n) is 26.9. The first-order chi connectivity index (χ1) is 21.8. The summed E-state index contributed by atoms with van der Waals surface area (Å²) in [4.78, 5) is 24.7. The van der Waals surface area contributed by atoms with Crippen molar-refractivity contribution < 1.29 is 37.7 Å². The maximum absolute atomic E-state index is 14.6. The molecule has 0 saturated carbocycles. The molecule has 0 radical (unpaired) electrons. The number of methoxy groups -OCH3 is 5. The summed E-state index contributed by atoms with van der Waals surface area (Å²) in [6.07, 6.45) is 4.29. The van der Waals surface area contributed by atoms with Gasteiger partial charge in [0.05, 0.1) is 35.5 Å². The standard InChI is InChI=1S/C35H45FN2O7/c1-41-27-10-8-9-24(23-27)13-16-28-25(14-17-29(42-2)34(28)44-4)19-21-37-31(39)11-6-7-12-32(40)38-22-20-26-15-18-30(43-3)35(45-5)33(26)36/h8-10,14-15,17-18,23H,6-7,11-13,16,19-22H2,1-5H3,(H,37,39)(H,38,40). The van der Waals surface area contributed by atoms with Gasteiger partial charge in [0.1, 0.15) is 5.75 Å². The van der Waals surface area contributed by atoms with Crippen molar-refractivity contribution in [2.75, 3.05) is 48.6 Å². The van der Waals surface area contributed by atoms with E-state index in [1.165, 1.54) is 14.2 Å². The molecule has 3 rings (SSSR count). The topological polar surface area (TPSA) is 104 Å². The van der Waals surface area contributed by atoms with E-state index in [4.69, 9.17) is 23.7 Å². The molecule has 45 heavy (non-hydrogen) atoms. The Morgan fingerprint density at radius 1 is 0.644 bits per heavy atom. The van der Waals surface area contributed by atoms with Crippen molar-refractivity contribution in [1.82, 2.24) is 10.6 Å². The number of unbranched alkanes of at least 4 members (excludes halogenated alkanes) is 1. The molecule has 2 N–H and O–H groups in total. The number of nitrogens with one attached hydrogen (secondary N) is 2. The summed E-state index contributed by atoms with van der Waals surface area (Å²) in [5, 5.41) is 5.80. The first-order valence-electron chi connectivity index (χ1n) is 15.1. The van der Waals surface area contributed by atoms with Gasteiger partial charge in [-0.2, -0.15) is 0 Å². The number of hydrogen-bond donors (Lipinski definition) is 2. The average Bonchev–Trinajstić information content (AvgIpc) is 3.06. The molecule has 0 aliphatic rings. The number of halogens is 1. The van der Waals surface area contributed by atoms with Crippen molar-refractivity contribution >= 4 is 11.8 Å². The lowest BCUT2D eigenvalue weighted by Crippen LogP contribution is -2.27. The summed E-state index contributed by atoms with van der Waals surface area (Å²) in [7, 11) is 7.74. The summed E-state index contributed by atoms with van der Waals surface area (Å²) in [5.41, 5.74) is 3.72. The first kappa shape index (κ1) is 35.0. The van der Waals surface area contributed by atoms with Gasteiger partial charge in [-0.25, -0.2) is 4.39 Å². The SMILES string of the molecule is COc1cccc(CCc2c(CCNC(=O)CCCCC(=O)NCCc3ccc(OC)c(OC)c3F)ccc(OC)c2OC)c1. The summed E-state index contributed by atoms with van der Waals surface area (Å²) in [6.45, 7) is 0.775. The van der Waals surface area contributed by atoms with Gasteiger partial charge in [-0.3, -0.25) is 9.59 Å². The molecule has 3 aromatic rings. The molecule has 0 saturated heterocycles. The molecule has 3 aromatic carbocycles. The van der Waals surface area contributed by atoms with Gasteiger partial charge in [0.2, 0.25) is 11.8 Å². The number of amides is 2. The molecule has 0 spiro atoms. The van der Waals surface area contributed by atoms with E-state index in [-0.39, 0.29) is 17.6 Å². The molecule has 0 unspecified atom stereocenters. The summed E-state index contributed by atoms with van der Waals surface area (Å²) >= 11 is 0. The molecule has 244 valence electrons. The number of benzene rings is 3. The minimum absolute atomic E-state index is 0.0493. The van der Waals surface area contributed by atoms with Crippen LogP contribution < -0.4 is 34.3 Å². The van der Waals surface area contributed by atoms with Gasteiger partial charge >= 0.3 is 0 Å². The quantitative estimate of drug-likeness (QED) is 0.176. The van der Waals surface area contributed by atoms with Crippen LogP contribution in [0.4, 0.5) is 4.39 Å². The lowest BCUT2D eigenvalue weighted by atomic mass is 9.96. The van der Waals surface area contributed by atoms with E-state index in [1.807, 2.05) is 30.3 Å². The Morgan fingerprint density at radius 2 is 1.22 bits per heavy atom. The number of aryl methyl sites for hydroxylation is 1. The Hall–Kier alpha value is -4.47. The van der Waals surface area contributed by atoms with Crippen molar-refractivity contribution in [2.45, 2.75) is 51.4 Å². The highest BCUT2D eigenvalue weighted by atomic mass is 19.1. The fourth-order valence-electron chi connectivity index (χ4n) is 5.18. The Balaban J connectivity index is 1.41. The number of hydrogen-bond acceptors (Lipinski definition) is 7. The Morgan fingerprint density at radius 3 is 1.80 bits per heavy atom. The van der Waals surface area contributed by atoms with E-state index in [2.05, 4.69) is 16.7 Å². The summed E-state index contributed by atoms with van der Waals surface area (Å²) < 4.78 is 41.4. The van der Waals surface area contributed by atoms with Crippen molar-refractivity contribution in [2.24, 2.45) is 0 Å². The maximum atomic E-state index is 14.6. The second-order valence-electron chi connectivity index (χ2n) is 10.5. The predicted molar refractivity (Wildman–Crippen MR) is 171 cm³/mol. The van der Waals surface area contributed by atoms with Gasteiger partial charge in [-0.1, -0.05) is 24.3 Å². The zero-order valence-corrected chi connectivity index (χ0v) is 26.9. The fraction of sp³-hybridized carbons (Fsp3) is 0.429. The molecule has 0 fully saturated rings. The van der Waals surface area contributed by atoms with Gasteiger partial charge in [0.15, 0.2) is 28.8 Å². The van der Waals surface area contributed by atoms with E-state index >= 15 is 0 Å². The van der Waals surface area contributed by atoms with Crippen molar-refractivity contribution in [3.05, 3.63) is 76.6 Å². The van der Waals surface area contributed by atoms with E-state index < -0.39 is 5.82 Å². The highest BCUT2D eigenvalue weighted by Crippen LogP contribution is 2.35. The molecule has 0 aliphatic heterocycles. The Kier molecular flexibility index (Phi) is 14.3. The Bertz CT molecular complexity index is 1410. The van der Waals surface area contributed by atoms with E-state index in [0.717, 1.165) is 35.3 Å². The minimum atomic E-state index is -0.493. The van der Waals surface area contributed by atoms with E-state index in [1.54, 1.807) is 33.5 Å². The molecule has 2 amide bonds. The molecule has 0 atom stereocenters. The highest BCUT2D eigenvalue weighted by molar-refractivity contribution is 5.77. The monoisotopic (exact) mass is 624 g/mol. The lowest BCUT2D eigenvalue weighted by Gasteiger charge is -2.17. The number of carbonyl (C=O) groups is 2. The van der Waals surface area contributed by atoms with Crippen LogP contribution in [0.5, 0.6) is 28.7 Å². The third-order valence-corrected chi connectivity index (χ3v) is 7.60. The highest BCUT2D eigenvalue weighted by Gasteiger charge is 2.17. The van der Waals surface area contributed by atoms with Crippen LogP contribution in [0, 0.1) is 5.82 Å². The smallest absolute Gasteiger partial charge is 0.220 e. The van der Waals surface area contributed by atoms with E-state index in [0.29, 0.717) is 74.4 Å². The van der Waals surface area contributed by atoms with Crippen molar-refractivity contribution in [3.63, 3.8) is 0 Å². The first-order valence-corrected chi connectivity index (χ1v) is 15.1. The molecule has 0 aromatic heterocycles. The second-order valence-corrected chi connectivity index (χ2v) is 10.5. The molecular formula is C35H45FN2O7. The van der Waals surface area contributed by atoms with Gasteiger partial charge in [0, 0.05) is 31.5 Å². The van der Waals surface area contributed by atoms with Crippen molar-refractivity contribution in [3.8, 4) is 28.7 Å². The van der Waals surface area contributed by atoms with Gasteiger partial charge in [0.25, 0.3) is 0 Å². The summed E-state index contributed by atoms with van der Waals surface area (Å²) in [5.74, 6) is 1.87. The van der Waals surface area contributed by atoms with Crippen LogP contribution >= 0.6 is 0 Å². The second kappa shape index (κ2) is 18.4. The van der Waals surface area contributed by atoms with E-state index in [9.17, 15) is 14.0 Å². The lowest BCUT2D eigenvalue weighted by molar-refractivity contribution is -0.123. The predicted octanol–water partition coefficient (Wildman–Crippen LogP) is 5.23. The molecule has 0 heterocycles. The average molecular weight is 625 g/mol. The number of rotatable bonds is 19. The molecule has 0 bridgehead atoms. The molecule has 9 nitrogen and oxygen atoms in total.